The molecule has 0 saturated carbocycles. The van der Waals surface area contributed by atoms with Crippen molar-refractivity contribution in [1.29, 1.82) is 5.26 Å². The molecule has 0 fully saturated rings. The highest BCUT2D eigenvalue weighted by molar-refractivity contribution is 6.00. The number of benzene rings is 1. The highest BCUT2D eigenvalue weighted by Gasteiger charge is 2.27. The Morgan fingerprint density at radius 3 is 2.95 bits per heavy atom. The van der Waals surface area contributed by atoms with E-state index in [4.69, 9.17) is 5.26 Å². The SMILES string of the molecule is CN(CCC#N)C(=O)CN1C(=O)CCc2ccc(F)cc21. The van der Waals surface area contributed by atoms with Gasteiger partial charge < -0.3 is 9.80 Å². The molecule has 0 aromatic heterocycles. The molecule has 21 heavy (non-hydrogen) atoms. The van der Waals surface area contributed by atoms with Crippen molar-refractivity contribution >= 4 is 17.5 Å². The molecule has 2 rings (SSSR count). The molecule has 1 heterocycles. The minimum Gasteiger partial charge on any atom is -0.343 e. The molecule has 0 atom stereocenters. The Morgan fingerprint density at radius 1 is 1.48 bits per heavy atom. The van der Waals surface area contributed by atoms with Gasteiger partial charge in [0.05, 0.1) is 18.2 Å². The summed E-state index contributed by atoms with van der Waals surface area (Å²) < 4.78 is 13.4. The molecular weight excluding hydrogens is 273 g/mol. The van der Waals surface area contributed by atoms with Crippen molar-refractivity contribution < 1.29 is 14.0 Å². The monoisotopic (exact) mass is 289 g/mol. The van der Waals surface area contributed by atoms with E-state index in [1.54, 1.807) is 13.1 Å². The van der Waals surface area contributed by atoms with Crippen LogP contribution in [0.5, 0.6) is 0 Å². The Morgan fingerprint density at radius 2 is 2.24 bits per heavy atom. The first-order valence-electron chi connectivity index (χ1n) is 6.72. The molecule has 0 unspecified atom stereocenters. The molecule has 0 saturated heterocycles. The smallest absolute Gasteiger partial charge is 0.242 e. The van der Waals surface area contributed by atoms with E-state index < -0.39 is 5.82 Å². The average molecular weight is 289 g/mol. The molecule has 2 amide bonds. The first-order chi connectivity index (χ1) is 10.0. The molecule has 5 nitrogen and oxygen atoms in total. The fourth-order valence-electron chi connectivity index (χ4n) is 2.28. The van der Waals surface area contributed by atoms with Crippen molar-refractivity contribution in [3.05, 3.63) is 29.6 Å². The lowest BCUT2D eigenvalue weighted by Gasteiger charge is -2.30. The first kappa shape index (κ1) is 15.0. The zero-order valence-electron chi connectivity index (χ0n) is 11.8. The van der Waals surface area contributed by atoms with Gasteiger partial charge in [-0.1, -0.05) is 6.07 Å². The fourth-order valence-corrected chi connectivity index (χ4v) is 2.28. The first-order valence-corrected chi connectivity index (χ1v) is 6.72. The van der Waals surface area contributed by atoms with Crippen molar-refractivity contribution in [3.8, 4) is 6.07 Å². The van der Waals surface area contributed by atoms with Crippen LogP contribution in [-0.4, -0.2) is 36.9 Å². The van der Waals surface area contributed by atoms with Gasteiger partial charge in [-0.2, -0.15) is 5.26 Å². The van der Waals surface area contributed by atoms with Gasteiger partial charge >= 0.3 is 0 Å². The summed E-state index contributed by atoms with van der Waals surface area (Å²) in [6.45, 7) is 0.185. The molecule has 0 bridgehead atoms. The number of hydrogen-bond acceptors (Lipinski definition) is 3. The molecule has 110 valence electrons. The van der Waals surface area contributed by atoms with Crippen LogP contribution >= 0.6 is 0 Å². The molecule has 1 aliphatic heterocycles. The topological polar surface area (TPSA) is 64.4 Å². The summed E-state index contributed by atoms with van der Waals surface area (Å²) >= 11 is 0. The minimum absolute atomic E-state index is 0.128. The molecule has 0 aliphatic carbocycles. The number of likely N-dealkylation sites (N-methyl/N-ethyl adjacent to an activating group) is 1. The van der Waals surface area contributed by atoms with Crippen molar-refractivity contribution in [3.63, 3.8) is 0 Å². The molecule has 1 aromatic carbocycles. The van der Waals surface area contributed by atoms with Crippen molar-refractivity contribution in [2.45, 2.75) is 19.3 Å². The second kappa shape index (κ2) is 6.35. The predicted molar refractivity (Wildman–Crippen MR) is 74.9 cm³/mol. The Bertz CT molecular complexity index is 609. The fraction of sp³-hybridized carbons (Fsp3) is 0.400. The molecule has 0 N–H and O–H groups in total. The maximum atomic E-state index is 13.4. The van der Waals surface area contributed by atoms with Crippen LogP contribution in [0.3, 0.4) is 0 Å². The quantitative estimate of drug-likeness (QED) is 0.843. The number of aryl methyl sites for hydroxylation is 1. The van der Waals surface area contributed by atoms with Gasteiger partial charge in [0.15, 0.2) is 0 Å². The van der Waals surface area contributed by atoms with Gasteiger partial charge in [0, 0.05) is 20.0 Å². The highest BCUT2D eigenvalue weighted by Crippen LogP contribution is 2.28. The number of amides is 2. The zero-order valence-corrected chi connectivity index (χ0v) is 11.8. The number of nitrogens with zero attached hydrogens (tertiary/aromatic N) is 3. The van der Waals surface area contributed by atoms with Crippen LogP contribution in [0.1, 0.15) is 18.4 Å². The van der Waals surface area contributed by atoms with Gasteiger partial charge in [-0.15, -0.1) is 0 Å². The zero-order chi connectivity index (χ0) is 15.4. The Labute approximate surface area is 122 Å². The van der Waals surface area contributed by atoms with E-state index in [9.17, 15) is 14.0 Å². The average Bonchev–Trinajstić information content (AvgIpc) is 2.47. The van der Waals surface area contributed by atoms with Crippen molar-refractivity contribution in [1.82, 2.24) is 4.90 Å². The third kappa shape index (κ3) is 3.37. The van der Waals surface area contributed by atoms with E-state index >= 15 is 0 Å². The van der Waals surface area contributed by atoms with Crippen LogP contribution in [0, 0.1) is 17.1 Å². The lowest BCUT2D eigenvalue weighted by Crippen LogP contribution is -2.43. The van der Waals surface area contributed by atoms with Crippen molar-refractivity contribution in [2.75, 3.05) is 25.0 Å². The predicted octanol–water partition coefficient (Wildman–Crippen LogP) is 1.48. The summed E-state index contributed by atoms with van der Waals surface area (Å²) in [7, 11) is 1.58. The Balaban J connectivity index is 2.16. The van der Waals surface area contributed by atoms with Gasteiger partial charge in [-0.05, 0) is 24.1 Å². The van der Waals surface area contributed by atoms with Gasteiger partial charge in [0.2, 0.25) is 11.8 Å². The largest absolute Gasteiger partial charge is 0.343 e. The molecule has 1 aliphatic rings. The summed E-state index contributed by atoms with van der Waals surface area (Å²) in [5.41, 5.74) is 1.33. The van der Waals surface area contributed by atoms with E-state index in [1.165, 1.54) is 21.9 Å². The van der Waals surface area contributed by atoms with Crippen LogP contribution in [0.4, 0.5) is 10.1 Å². The van der Waals surface area contributed by atoms with E-state index in [0.29, 0.717) is 25.1 Å². The Kier molecular flexibility index (Phi) is 4.53. The second-order valence-corrected chi connectivity index (χ2v) is 4.98. The van der Waals surface area contributed by atoms with Crippen LogP contribution in [-0.2, 0) is 16.0 Å². The summed E-state index contributed by atoms with van der Waals surface area (Å²) in [4.78, 5) is 26.8. The second-order valence-electron chi connectivity index (χ2n) is 4.98. The van der Waals surface area contributed by atoms with E-state index in [-0.39, 0.29) is 24.8 Å². The molecular formula is C15H16FN3O2. The number of anilines is 1. The summed E-state index contributed by atoms with van der Waals surface area (Å²) in [6, 6.07) is 6.25. The van der Waals surface area contributed by atoms with Gasteiger partial charge in [-0.3, -0.25) is 9.59 Å². The normalized spacial score (nSPS) is 13.6. The summed E-state index contributed by atoms with van der Waals surface area (Å²) in [6.07, 6.45) is 1.11. The standard InChI is InChI=1S/C15H16FN3O2/c1-18(8-2-7-17)15(21)10-19-13-9-12(16)5-3-11(13)4-6-14(19)20/h3,5,9H,2,4,6,8,10H2,1H3. The molecule has 1 aromatic rings. The summed E-state index contributed by atoms with van der Waals surface area (Å²) in [5, 5.41) is 8.53. The highest BCUT2D eigenvalue weighted by atomic mass is 19.1. The van der Waals surface area contributed by atoms with Crippen LogP contribution in [0.15, 0.2) is 18.2 Å². The van der Waals surface area contributed by atoms with Crippen LogP contribution in [0.2, 0.25) is 0 Å². The summed E-state index contributed by atoms with van der Waals surface area (Å²) in [5.74, 6) is -0.885. The number of nitriles is 1. The van der Waals surface area contributed by atoms with Gasteiger partial charge in [0.1, 0.15) is 12.4 Å². The maximum Gasteiger partial charge on any atom is 0.242 e. The Hall–Kier alpha value is -2.42. The van der Waals surface area contributed by atoms with E-state index in [0.717, 1.165) is 5.56 Å². The number of halogens is 1. The number of hydrogen-bond donors (Lipinski definition) is 0. The molecule has 6 heteroatoms. The van der Waals surface area contributed by atoms with Crippen LogP contribution in [0.25, 0.3) is 0 Å². The lowest BCUT2D eigenvalue weighted by atomic mass is 10.0. The van der Waals surface area contributed by atoms with Gasteiger partial charge in [0.25, 0.3) is 0 Å². The van der Waals surface area contributed by atoms with Crippen LogP contribution < -0.4 is 4.90 Å². The van der Waals surface area contributed by atoms with E-state index in [1.807, 2.05) is 6.07 Å². The lowest BCUT2D eigenvalue weighted by molar-refractivity contribution is -0.130. The van der Waals surface area contributed by atoms with E-state index in [2.05, 4.69) is 0 Å². The third-order valence-electron chi connectivity index (χ3n) is 3.53. The van der Waals surface area contributed by atoms with Gasteiger partial charge in [-0.25, -0.2) is 4.39 Å². The minimum atomic E-state index is -0.432. The maximum absolute atomic E-state index is 13.4. The molecule has 0 radical (unpaired) electrons. The number of carbonyl (C=O) groups is 2. The number of rotatable bonds is 4. The third-order valence-corrected chi connectivity index (χ3v) is 3.53. The molecule has 0 spiro atoms. The number of fused-ring (bicyclic) bond motifs is 1. The number of carbonyl (C=O) groups excluding carboxylic acids is 2. The van der Waals surface area contributed by atoms with Crippen molar-refractivity contribution in [2.24, 2.45) is 0 Å².